The minimum absolute atomic E-state index is 0.136. The molecule has 1 atom stereocenters. The van der Waals surface area contributed by atoms with Gasteiger partial charge in [0.25, 0.3) is 0 Å². The fourth-order valence-electron chi connectivity index (χ4n) is 3.84. The summed E-state index contributed by atoms with van der Waals surface area (Å²) in [6, 6.07) is 11.4. The third-order valence-corrected chi connectivity index (χ3v) is 5.75. The lowest BCUT2D eigenvalue weighted by molar-refractivity contribution is -0.138. The summed E-state index contributed by atoms with van der Waals surface area (Å²) < 4.78 is 2.16. The Kier molecular flexibility index (Phi) is 7.34. The summed E-state index contributed by atoms with van der Waals surface area (Å²) >= 11 is 6.05. The van der Waals surface area contributed by atoms with Crippen molar-refractivity contribution in [1.82, 2.24) is 19.7 Å². The molecule has 156 valence electrons. The standard InChI is InChI=1S/C22H29ClN4O2/c1-3-25(4-2)13-11-24-20(28)16-21(29)27-15-14-26-12-5-6-19(26)22(27)17-7-9-18(23)10-8-17/h5-10,12,22H,3-4,11,13-16H2,1-2H3,(H,24,28). The van der Waals surface area contributed by atoms with Gasteiger partial charge in [-0.25, -0.2) is 0 Å². The summed E-state index contributed by atoms with van der Waals surface area (Å²) in [6.45, 7) is 8.72. The smallest absolute Gasteiger partial charge is 0.232 e. The van der Waals surface area contributed by atoms with Crippen molar-refractivity contribution in [2.45, 2.75) is 32.9 Å². The molecule has 0 fully saturated rings. The van der Waals surface area contributed by atoms with Crippen molar-refractivity contribution in [3.63, 3.8) is 0 Å². The SMILES string of the molecule is CCN(CC)CCNC(=O)CC(=O)N1CCn2cccc2C1c1ccc(Cl)cc1. The second-order valence-electron chi connectivity index (χ2n) is 7.22. The zero-order valence-corrected chi connectivity index (χ0v) is 17.9. The number of fused-ring (bicyclic) bond motifs is 1. The molecule has 2 heterocycles. The largest absolute Gasteiger partial charge is 0.354 e. The van der Waals surface area contributed by atoms with Crippen LogP contribution in [-0.4, -0.2) is 58.9 Å². The monoisotopic (exact) mass is 416 g/mol. The number of benzene rings is 1. The van der Waals surface area contributed by atoms with Crippen molar-refractivity contribution in [2.75, 3.05) is 32.7 Å². The van der Waals surface area contributed by atoms with Gasteiger partial charge in [0, 0.05) is 43.1 Å². The molecule has 0 spiro atoms. The van der Waals surface area contributed by atoms with E-state index in [1.807, 2.05) is 47.5 Å². The van der Waals surface area contributed by atoms with E-state index in [4.69, 9.17) is 11.6 Å². The van der Waals surface area contributed by atoms with Gasteiger partial charge in [-0.1, -0.05) is 37.6 Å². The van der Waals surface area contributed by atoms with Gasteiger partial charge in [0.1, 0.15) is 6.42 Å². The molecule has 1 aromatic carbocycles. The van der Waals surface area contributed by atoms with E-state index in [9.17, 15) is 9.59 Å². The number of rotatable bonds is 8. The Morgan fingerprint density at radius 3 is 2.55 bits per heavy atom. The molecule has 0 radical (unpaired) electrons. The van der Waals surface area contributed by atoms with Crippen LogP contribution in [0.5, 0.6) is 0 Å². The number of carbonyl (C=O) groups excluding carboxylic acids is 2. The molecular weight excluding hydrogens is 388 g/mol. The number of hydrogen-bond donors (Lipinski definition) is 1. The van der Waals surface area contributed by atoms with E-state index >= 15 is 0 Å². The topological polar surface area (TPSA) is 57.6 Å². The first-order valence-electron chi connectivity index (χ1n) is 10.2. The van der Waals surface area contributed by atoms with Crippen LogP contribution in [0.15, 0.2) is 42.6 Å². The van der Waals surface area contributed by atoms with Gasteiger partial charge in [-0.3, -0.25) is 9.59 Å². The quantitative estimate of drug-likeness (QED) is 0.673. The maximum Gasteiger partial charge on any atom is 0.232 e. The molecule has 0 saturated heterocycles. The lowest BCUT2D eigenvalue weighted by Crippen LogP contribution is -2.44. The van der Waals surface area contributed by atoms with Crippen molar-refractivity contribution in [2.24, 2.45) is 0 Å². The molecule has 6 nitrogen and oxygen atoms in total. The lowest BCUT2D eigenvalue weighted by Gasteiger charge is -2.37. The molecule has 1 aliphatic heterocycles. The number of nitrogens with one attached hydrogen (secondary N) is 1. The molecule has 2 amide bonds. The van der Waals surface area contributed by atoms with E-state index in [0.29, 0.717) is 18.1 Å². The highest BCUT2D eigenvalue weighted by Crippen LogP contribution is 2.33. The van der Waals surface area contributed by atoms with Crippen LogP contribution in [0.4, 0.5) is 0 Å². The Labute approximate surface area is 177 Å². The van der Waals surface area contributed by atoms with Crippen LogP contribution in [0.25, 0.3) is 0 Å². The molecule has 7 heteroatoms. The normalized spacial score (nSPS) is 16.0. The van der Waals surface area contributed by atoms with Crippen LogP contribution in [0.2, 0.25) is 5.02 Å². The van der Waals surface area contributed by atoms with Gasteiger partial charge in [-0.2, -0.15) is 0 Å². The van der Waals surface area contributed by atoms with Gasteiger partial charge >= 0.3 is 0 Å². The number of nitrogens with zero attached hydrogens (tertiary/aromatic N) is 3. The molecule has 0 aliphatic carbocycles. The number of aromatic nitrogens is 1. The van der Waals surface area contributed by atoms with Gasteiger partial charge in [0.2, 0.25) is 11.8 Å². The zero-order chi connectivity index (χ0) is 20.8. The van der Waals surface area contributed by atoms with E-state index in [-0.39, 0.29) is 24.3 Å². The molecule has 3 rings (SSSR count). The summed E-state index contributed by atoms with van der Waals surface area (Å²) in [5, 5.41) is 3.54. The Morgan fingerprint density at radius 2 is 1.86 bits per heavy atom. The molecule has 2 aromatic rings. The third-order valence-electron chi connectivity index (χ3n) is 5.50. The predicted molar refractivity (Wildman–Crippen MR) is 115 cm³/mol. The second kappa shape index (κ2) is 9.94. The van der Waals surface area contributed by atoms with Gasteiger partial charge in [0.15, 0.2) is 0 Å². The molecule has 29 heavy (non-hydrogen) atoms. The van der Waals surface area contributed by atoms with Crippen LogP contribution in [0.3, 0.4) is 0 Å². The molecule has 0 saturated carbocycles. The number of amides is 2. The van der Waals surface area contributed by atoms with Gasteiger partial charge in [-0.05, 0) is 42.9 Å². The Balaban J connectivity index is 1.68. The van der Waals surface area contributed by atoms with Crippen molar-refractivity contribution in [3.8, 4) is 0 Å². The van der Waals surface area contributed by atoms with Crippen LogP contribution in [0, 0.1) is 0 Å². The minimum atomic E-state index is -0.224. The summed E-state index contributed by atoms with van der Waals surface area (Å²) in [5.41, 5.74) is 2.04. The van der Waals surface area contributed by atoms with Crippen molar-refractivity contribution >= 4 is 23.4 Å². The van der Waals surface area contributed by atoms with E-state index in [1.165, 1.54) is 0 Å². The first kappa shape index (κ1) is 21.4. The molecule has 0 bridgehead atoms. The number of carbonyl (C=O) groups is 2. The molecular formula is C22H29ClN4O2. The Bertz CT molecular complexity index is 830. The number of likely N-dealkylation sites (N-methyl/N-ethyl adjacent to an activating group) is 1. The van der Waals surface area contributed by atoms with Gasteiger partial charge in [0.05, 0.1) is 6.04 Å². The first-order valence-corrected chi connectivity index (χ1v) is 10.6. The van der Waals surface area contributed by atoms with Gasteiger partial charge < -0.3 is 19.7 Å². The fourth-order valence-corrected chi connectivity index (χ4v) is 3.97. The van der Waals surface area contributed by atoms with E-state index in [1.54, 1.807) is 0 Å². The first-order chi connectivity index (χ1) is 14.0. The fraction of sp³-hybridized carbons (Fsp3) is 0.455. The summed E-state index contributed by atoms with van der Waals surface area (Å²) in [7, 11) is 0. The average Bonchev–Trinajstić information content (AvgIpc) is 3.20. The molecule has 1 aliphatic rings. The van der Waals surface area contributed by atoms with Crippen LogP contribution >= 0.6 is 11.6 Å². The highest BCUT2D eigenvalue weighted by molar-refractivity contribution is 6.30. The maximum atomic E-state index is 13.0. The predicted octanol–water partition coefficient (Wildman–Crippen LogP) is 2.92. The van der Waals surface area contributed by atoms with Crippen molar-refractivity contribution in [1.29, 1.82) is 0 Å². The highest BCUT2D eigenvalue weighted by atomic mass is 35.5. The minimum Gasteiger partial charge on any atom is -0.354 e. The van der Waals surface area contributed by atoms with Crippen LogP contribution in [0.1, 0.15) is 37.6 Å². The second-order valence-corrected chi connectivity index (χ2v) is 7.66. The summed E-state index contributed by atoms with van der Waals surface area (Å²) in [4.78, 5) is 29.4. The Hall–Kier alpha value is -2.31. The van der Waals surface area contributed by atoms with Crippen LogP contribution < -0.4 is 5.32 Å². The van der Waals surface area contributed by atoms with Crippen LogP contribution in [-0.2, 0) is 16.1 Å². The molecule has 1 aromatic heterocycles. The average molecular weight is 417 g/mol. The number of hydrogen-bond acceptors (Lipinski definition) is 3. The van der Waals surface area contributed by atoms with Gasteiger partial charge in [-0.15, -0.1) is 0 Å². The van der Waals surface area contributed by atoms with Crippen molar-refractivity contribution < 1.29 is 9.59 Å². The highest BCUT2D eigenvalue weighted by Gasteiger charge is 2.32. The zero-order valence-electron chi connectivity index (χ0n) is 17.1. The molecule has 1 N–H and O–H groups in total. The van der Waals surface area contributed by atoms with E-state index < -0.39 is 0 Å². The van der Waals surface area contributed by atoms with E-state index in [0.717, 1.165) is 37.4 Å². The van der Waals surface area contributed by atoms with E-state index in [2.05, 4.69) is 28.6 Å². The Morgan fingerprint density at radius 1 is 1.14 bits per heavy atom. The summed E-state index contributed by atoms with van der Waals surface area (Å²) in [5.74, 6) is -0.379. The summed E-state index contributed by atoms with van der Waals surface area (Å²) in [6.07, 6.45) is 1.89. The lowest BCUT2D eigenvalue weighted by atomic mass is 9.99. The van der Waals surface area contributed by atoms with Crippen molar-refractivity contribution in [3.05, 3.63) is 58.9 Å². The third kappa shape index (κ3) is 5.19. The number of halogens is 1. The maximum absolute atomic E-state index is 13.0. The molecule has 1 unspecified atom stereocenters.